The highest BCUT2D eigenvalue weighted by atomic mass is 16.3. The van der Waals surface area contributed by atoms with Crippen LogP contribution in [0.2, 0.25) is 0 Å². The Balaban J connectivity index is 1.13. The Hall–Kier alpha value is -9.12. The van der Waals surface area contributed by atoms with Crippen LogP contribution in [0.4, 0.5) is 34.1 Å². The standard InChI is InChI=1S/C70H51BN2O/c1-70(2,3)58-31-17-13-27-53(58)51-36-39-64-60(43-51)71-59-42-50(46-21-7-4-8-22-46)35-38-63(59)72(61-32-18-14-28-54(61)47-23-9-5-10-24-47)65-44-52(49-37-40-68-57(41-49)56-30-16-20-34-67(56)74-68)45-66(69(65)71)73(64)62-33-19-15-29-55(62)48-25-11-6-12-26-48/h4-45H,1-3H3. The summed E-state index contributed by atoms with van der Waals surface area (Å²) in [5, 5.41) is 2.22. The van der Waals surface area contributed by atoms with E-state index in [1.54, 1.807) is 0 Å². The molecule has 0 saturated carbocycles. The van der Waals surface area contributed by atoms with Crippen molar-refractivity contribution < 1.29 is 4.42 Å². The molecule has 11 aromatic carbocycles. The number of hydrogen-bond acceptors (Lipinski definition) is 3. The van der Waals surface area contributed by atoms with Gasteiger partial charge in [-0.05, 0) is 126 Å². The van der Waals surface area contributed by atoms with Crippen LogP contribution >= 0.6 is 0 Å². The molecule has 3 heterocycles. The smallest absolute Gasteiger partial charge is 0.252 e. The van der Waals surface area contributed by atoms with E-state index in [4.69, 9.17) is 4.42 Å². The van der Waals surface area contributed by atoms with Crippen molar-refractivity contribution in [3.8, 4) is 55.6 Å². The first kappa shape index (κ1) is 43.7. The lowest BCUT2D eigenvalue weighted by Crippen LogP contribution is -2.61. The first-order valence-corrected chi connectivity index (χ1v) is 25.8. The zero-order valence-corrected chi connectivity index (χ0v) is 41.6. The zero-order chi connectivity index (χ0) is 49.5. The molecule has 12 aromatic rings. The minimum absolute atomic E-state index is 0.0657. The molecule has 0 saturated heterocycles. The number of hydrogen-bond donors (Lipinski definition) is 0. The molecule has 3 nitrogen and oxygen atoms in total. The highest BCUT2D eigenvalue weighted by molar-refractivity contribution is 7.00. The molecule has 0 radical (unpaired) electrons. The Labute approximate surface area is 433 Å². The second kappa shape index (κ2) is 17.3. The van der Waals surface area contributed by atoms with Gasteiger partial charge in [-0.25, -0.2) is 0 Å². The largest absolute Gasteiger partial charge is 0.456 e. The van der Waals surface area contributed by atoms with Gasteiger partial charge in [0, 0.05) is 44.6 Å². The fourth-order valence-corrected chi connectivity index (χ4v) is 12.0. The van der Waals surface area contributed by atoms with E-state index in [1.165, 1.54) is 66.5 Å². The molecule has 2 aliphatic rings. The molecule has 0 atom stereocenters. The summed E-state index contributed by atoms with van der Waals surface area (Å²) in [4.78, 5) is 5.15. The summed E-state index contributed by atoms with van der Waals surface area (Å²) in [7, 11) is 0. The van der Waals surface area contributed by atoms with E-state index < -0.39 is 0 Å². The van der Waals surface area contributed by atoms with Crippen LogP contribution in [0, 0.1) is 0 Å². The van der Waals surface area contributed by atoms with Crippen LogP contribution in [-0.4, -0.2) is 6.71 Å². The highest BCUT2D eigenvalue weighted by Gasteiger charge is 2.45. The fourth-order valence-electron chi connectivity index (χ4n) is 12.0. The molecule has 4 heteroatoms. The molecule has 0 aliphatic carbocycles. The van der Waals surface area contributed by atoms with E-state index in [-0.39, 0.29) is 12.1 Å². The SMILES string of the molecule is CC(C)(C)c1ccccc1-c1ccc2c(c1)B1c3cc(-c4ccccc4)ccc3N(c3ccccc3-c3ccccc3)c3cc(-c4ccc5oc6ccccc6c5c4)cc(c31)N2c1ccccc1-c1ccccc1. The summed E-state index contributed by atoms with van der Waals surface area (Å²) < 4.78 is 6.43. The molecular formula is C70H51BN2O. The minimum Gasteiger partial charge on any atom is -0.456 e. The van der Waals surface area contributed by atoms with Gasteiger partial charge in [0.05, 0.1) is 11.4 Å². The lowest BCUT2D eigenvalue weighted by atomic mass is 9.33. The predicted octanol–water partition coefficient (Wildman–Crippen LogP) is 17.3. The van der Waals surface area contributed by atoms with Crippen molar-refractivity contribution in [2.24, 2.45) is 0 Å². The summed E-state index contributed by atoms with van der Waals surface area (Å²) in [6.45, 7) is 6.84. The van der Waals surface area contributed by atoms with Crippen LogP contribution < -0.4 is 26.2 Å². The molecule has 350 valence electrons. The van der Waals surface area contributed by atoms with E-state index in [9.17, 15) is 0 Å². The maximum absolute atomic E-state index is 6.43. The number of anilines is 6. The van der Waals surface area contributed by atoms with Gasteiger partial charge in [-0.2, -0.15) is 0 Å². The van der Waals surface area contributed by atoms with E-state index in [2.05, 4.69) is 279 Å². The number of benzene rings is 11. The van der Waals surface area contributed by atoms with Crippen molar-refractivity contribution in [1.82, 2.24) is 0 Å². The van der Waals surface area contributed by atoms with Gasteiger partial charge in [-0.1, -0.05) is 221 Å². The van der Waals surface area contributed by atoms with Gasteiger partial charge in [0.1, 0.15) is 11.2 Å². The molecule has 2 aliphatic heterocycles. The summed E-state index contributed by atoms with van der Waals surface area (Å²) in [6.07, 6.45) is 0. The normalized spacial score (nSPS) is 12.7. The van der Waals surface area contributed by atoms with Crippen LogP contribution in [0.1, 0.15) is 26.3 Å². The monoisotopic (exact) mass is 946 g/mol. The third-order valence-corrected chi connectivity index (χ3v) is 15.4. The molecule has 1 aromatic heterocycles. The molecule has 14 rings (SSSR count). The number of fused-ring (bicyclic) bond motifs is 7. The zero-order valence-electron chi connectivity index (χ0n) is 41.6. The van der Waals surface area contributed by atoms with Gasteiger partial charge in [0.2, 0.25) is 0 Å². The highest BCUT2D eigenvalue weighted by Crippen LogP contribution is 2.50. The van der Waals surface area contributed by atoms with Crippen molar-refractivity contribution in [2.75, 3.05) is 9.80 Å². The lowest BCUT2D eigenvalue weighted by molar-refractivity contribution is 0.592. The van der Waals surface area contributed by atoms with Crippen LogP contribution in [0.25, 0.3) is 77.6 Å². The molecular weight excluding hydrogens is 896 g/mol. The molecule has 0 amide bonds. The summed E-state index contributed by atoms with van der Waals surface area (Å²) in [5.74, 6) is 0. The summed E-state index contributed by atoms with van der Waals surface area (Å²) in [6, 6.07) is 94.0. The van der Waals surface area contributed by atoms with Gasteiger partial charge in [-0.3, -0.25) is 0 Å². The van der Waals surface area contributed by atoms with Gasteiger partial charge in [-0.15, -0.1) is 0 Å². The van der Waals surface area contributed by atoms with Crippen molar-refractivity contribution in [3.05, 3.63) is 260 Å². The average Bonchev–Trinajstić information content (AvgIpc) is 3.83. The fraction of sp³-hybridized carbons (Fsp3) is 0.0571. The molecule has 0 unspecified atom stereocenters. The first-order valence-electron chi connectivity index (χ1n) is 25.8. The Bertz CT molecular complexity index is 4120. The van der Waals surface area contributed by atoms with Crippen LogP contribution in [0.15, 0.2) is 259 Å². The van der Waals surface area contributed by atoms with E-state index in [1.807, 2.05) is 6.07 Å². The Morgan fingerprint density at radius 3 is 1.38 bits per heavy atom. The van der Waals surface area contributed by atoms with Crippen molar-refractivity contribution in [2.45, 2.75) is 26.2 Å². The van der Waals surface area contributed by atoms with E-state index in [0.29, 0.717) is 0 Å². The van der Waals surface area contributed by atoms with Gasteiger partial charge >= 0.3 is 0 Å². The second-order valence-electron chi connectivity index (χ2n) is 20.8. The average molecular weight is 947 g/mol. The molecule has 74 heavy (non-hydrogen) atoms. The third kappa shape index (κ3) is 7.12. The molecule has 0 fully saturated rings. The van der Waals surface area contributed by atoms with Crippen LogP contribution in [0.5, 0.6) is 0 Å². The van der Waals surface area contributed by atoms with Gasteiger partial charge in [0.25, 0.3) is 6.71 Å². The third-order valence-electron chi connectivity index (χ3n) is 15.4. The number of para-hydroxylation sites is 3. The van der Waals surface area contributed by atoms with Crippen molar-refractivity contribution >= 4 is 79.2 Å². The lowest BCUT2D eigenvalue weighted by Gasteiger charge is -2.45. The Morgan fingerprint density at radius 1 is 0.311 bits per heavy atom. The van der Waals surface area contributed by atoms with Gasteiger partial charge in [0.15, 0.2) is 0 Å². The van der Waals surface area contributed by atoms with Crippen molar-refractivity contribution in [3.63, 3.8) is 0 Å². The summed E-state index contributed by atoms with van der Waals surface area (Å²) >= 11 is 0. The van der Waals surface area contributed by atoms with Crippen molar-refractivity contribution in [1.29, 1.82) is 0 Å². The van der Waals surface area contributed by atoms with Crippen LogP contribution in [0.3, 0.4) is 0 Å². The molecule has 0 bridgehead atoms. The van der Waals surface area contributed by atoms with E-state index in [0.717, 1.165) is 67.2 Å². The second-order valence-corrected chi connectivity index (χ2v) is 20.8. The quantitative estimate of drug-likeness (QED) is 0.148. The first-order chi connectivity index (χ1) is 36.4. The predicted molar refractivity (Wildman–Crippen MR) is 314 cm³/mol. The summed E-state index contributed by atoms with van der Waals surface area (Å²) in [5.41, 5.74) is 25.5. The minimum atomic E-state index is -0.134. The van der Waals surface area contributed by atoms with Gasteiger partial charge < -0.3 is 14.2 Å². The maximum Gasteiger partial charge on any atom is 0.252 e. The number of nitrogens with zero attached hydrogens (tertiary/aromatic N) is 2. The molecule has 0 N–H and O–H groups in total. The molecule has 0 spiro atoms. The Morgan fingerprint density at radius 2 is 0.770 bits per heavy atom. The van der Waals surface area contributed by atoms with E-state index >= 15 is 0 Å². The topological polar surface area (TPSA) is 19.6 Å². The number of furan rings is 1. The maximum atomic E-state index is 6.43. The van der Waals surface area contributed by atoms with Crippen LogP contribution in [-0.2, 0) is 5.41 Å². The number of rotatable bonds is 7. The Kier molecular flexibility index (Phi) is 10.2.